The van der Waals surface area contributed by atoms with Gasteiger partial charge in [0.25, 0.3) is 5.91 Å². The Kier molecular flexibility index (Phi) is 23.6. The van der Waals surface area contributed by atoms with Gasteiger partial charge < -0.3 is 48.5 Å². The molecule has 5 aliphatic rings. The van der Waals surface area contributed by atoms with Crippen LogP contribution in [-0.4, -0.2) is 190 Å². The first-order valence-corrected chi connectivity index (χ1v) is 33.9. The molecule has 16 nitrogen and oxygen atoms in total. The van der Waals surface area contributed by atoms with E-state index in [0.717, 1.165) is 91.1 Å². The van der Waals surface area contributed by atoms with Gasteiger partial charge in [-0.2, -0.15) is 26.3 Å². The third-order valence-electron chi connectivity index (χ3n) is 20.4. The Morgan fingerprint density at radius 1 is 0.673 bits per heavy atom. The van der Waals surface area contributed by atoms with Crippen LogP contribution < -0.4 is 5.32 Å². The quantitative estimate of drug-likeness (QED) is 0.0440. The molecule has 0 saturated carbocycles. The maximum absolute atomic E-state index is 14.3. The molecule has 0 bridgehead atoms. The van der Waals surface area contributed by atoms with Gasteiger partial charge in [0, 0.05) is 115 Å². The van der Waals surface area contributed by atoms with Crippen molar-refractivity contribution in [1.82, 2.24) is 34.3 Å². The van der Waals surface area contributed by atoms with Gasteiger partial charge in [-0.3, -0.25) is 24.5 Å². The molecule has 0 aromatic heterocycles. The molecule has 3 saturated heterocycles. The lowest BCUT2D eigenvalue weighted by atomic mass is 9.72. The van der Waals surface area contributed by atoms with Crippen molar-refractivity contribution in [3.63, 3.8) is 0 Å². The van der Waals surface area contributed by atoms with E-state index in [2.05, 4.69) is 39.2 Å². The molecule has 5 amide bonds. The highest BCUT2D eigenvalue weighted by Crippen LogP contribution is 2.49. The number of benzene rings is 5. The van der Waals surface area contributed by atoms with Gasteiger partial charge in [0.2, 0.25) is 17.7 Å². The molecule has 2 aliphatic carbocycles. The second kappa shape index (κ2) is 31.8. The van der Waals surface area contributed by atoms with E-state index < -0.39 is 64.6 Å². The standard InChI is InChI=1S/C75H89F7N8O8/c1-52-44-60(84(2)34-15-7-10-22-67(91)85(3)42-43-88-35-29-61(30-36-88)98-71(95)83-65-21-14-12-19-63(65)53-16-8-6-9-17-53)27-28-62(52)70(94)87(5)41-40-86(4)68(92)49-96-66-47-54-18-11-13-20-64(54)72(66)31-37-89(38-32-72)39-33-73(56-23-25-59(76)26-24-56)50-90(51-97-73)69(93)55-45-57(74(77,78)79)48-58(46-55)75(80,81)82/h6,8-9,11-14,16-21,23-28,45-46,48,52,61,66H,7,10,15,22,29-44,47,49-51H2,1-5H3,(H,83,95)/t52?,66-,73-/m0/s1. The Morgan fingerprint density at radius 3 is 2.01 bits per heavy atom. The van der Waals surface area contributed by atoms with E-state index in [4.69, 9.17) is 14.2 Å². The monoisotopic (exact) mass is 1360 g/mol. The number of carbonyl (C=O) groups excluding carboxylic acids is 5. The van der Waals surface area contributed by atoms with Crippen LogP contribution in [0.3, 0.4) is 0 Å². The van der Waals surface area contributed by atoms with Gasteiger partial charge in [-0.05, 0) is 142 Å². The highest BCUT2D eigenvalue weighted by Gasteiger charge is 2.50. The Hall–Kier alpha value is -8.12. The van der Waals surface area contributed by atoms with Crippen LogP contribution in [0.15, 0.2) is 145 Å². The van der Waals surface area contributed by atoms with Gasteiger partial charge in [0.15, 0.2) is 0 Å². The second-order valence-corrected chi connectivity index (χ2v) is 26.9. The van der Waals surface area contributed by atoms with Gasteiger partial charge in [-0.1, -0.05) is 104 Å². The highest BCUT2D eigenvalue weighted by atomic mass is 19.4. The van der Waals surface area contributed by atoms with Gasteiger partial charge >= 0.3 is 18.4 Å². The minimum absolute atomic E-state index is 0.0278. The third kappa shape index (κ3) is 17.8. The number of allylic oxidation sites excluding steroid dienone is 3. The zero-order chi connectivity index (χ0) is 69.9. The van der Waals surface area contributed by atoms with Crippen molar-refractivity contribution in [2.45, 2.75) is 113 Å². The molecular weight excluding hydrogens is 1270 g/mol. The molecule has 3 fully saturated rings. The molecule has 23 heteroatoms. The smallest absolute Gasteiger partial charge is 0.416 e. The van der Waals surface area contributed by atoms with Crippen LogP contribution in [0.1, 0.15) is 109 Å². The van der Waals surface area contributed by atoms with Crippen molar-refractivity contribution in [2.75, 3.05) is 119 Å². The fourth-order valence-electron chi connectivity index (χ4n) is 14.3. The molecule has 5 aromatic rings. The number of halogens is 7. The van der Waals surface area contributed by atoms with Crippen LogP contribution in [0.4, 0.5) is 41.2 Å². The van der Waals surface area contributed by atoms with Gasteiger partial charge in [-0.25, -0.2) is 9.18 Å². The number of likely N-dealkylation sites (N-methyl/N-ethyl adjacent to an activating group) is 3. The van der Waals surface area contributed by atoms with Crippen LogP contribution in [0.5, 0.6) is 0 Å². The Balaban J connectivity index is 0.626. The van der Waals surface area contributed by atoms with Crippen molar-refractivity contribution in [3.8, 4) is 11.1 Å². The van der Waals surface area contributed by atoms with Gasteiger partial charge in [0.05, 0.1) is 29.5 Å². The molecule has 3 aliphatic heterocycles. The summed E-state index contributed by atoms with van der Waals surface area (Å²) in [5.41, 5.74) is 1.56. The van der Waals surface area contributed by atoms with Crippen LogP contribution in [0.2, 0.25) is 0 Å². The fraction of sp³-hybridized carbons (Fsp3) is 0.480. The lowest BCUT2D eigenvalue weighted by molar-refractivity contribution is -0.143. The normalized spacial score (nSPS) is 19.7. The zero-order valence-electron chi connectivity index (χ0n) is 56.4. The molecule has 0 radical (unpaired) electrons. The number of fused-ring (bicyclic) bond motifs is 2. The number of amides is 5. The summed E-state index contributed by atoms with van der Waals surface area (Å²) in [6.45, 7) is 7.21. The van der Waals surface area contributed by atoms with Crippen molar-refractivity contribution in [1.29, 1.82) is 0 Å². The van der Waals surface area contributed by atoms with Crippen molar-refractivity contribution in [3.05, 3.63) is 184 Å². The fourth-order valence-corrected chi connectivity index (χ4v) is 14.3. The second-order valence-electron chi connectivity index (χ2n) is 26.9. The number of unbranched alkanes of at least 4 members (excludes halogenated alkanes) is 2. The van der Waals surface area contributed by atoms with Crippen molar-refractivity contribution >= 4 is 35.4 Å². The average molecular weight is 1360 g/mol. The van der Waals surface area contributed by atoms with E-state index in [1.807, 2.05) is 97.8 Å². The molecule has 1 spiro atoms. The van der Waals surface area contributed by atoms with Crippen LogP contribution in [0, 0.1) is 11.7 Å². The van der Waals surface area contributed by atoms with E-state index >= 15 is 0 Å². The minimum Gasteiger partial charge on any atom is -0.446 e. The molecule has 3 heterocycles. The first-order chi connectivity index (χ1) is 46.8. The number of piperidine rings is 2. The molecular formula is C75H89F7N8O8. The topological polar surface area (TPSA) is 148 Å². The molecule has 98 heavy (non-hydrogen) atoms. The SMILES string of the molecule is CC1CC(N(C)CCCCCC(=O)N(C)CCN2CCC(OC(=O)Nc3ccccc3-c3ccccc3)CC2)=CC=C1C(=O)N(C)CCN(C)C(=O)CO[C@H]1Cc2ccccc2C12CCN(CC[C@@]1(c3ccc(F)cc3)CN(C(=O)c3cc(C(F)(F)F)cc(C(F)(F)F)c3)CO1)CC2. The number of nitrogens with zero attached hydrogens (tertiary/aromatic N) is 7. The molecule has 1 unspecified atom stereocenters. The number of carbonyl (C=O) groups is 5. The molecule has 526 valence electrons. The van der Waals surface area contributed by atoms with Gasteiger partial charge in [-0.15, -0.1) is 0 Å². The summed E-state index contributed by atoms with van der Waals surface area (Å²) in [6.07, 6.45) is 0.102. The van der Waals surface area contributed by atoms with Crippen molar-refractivity contribution < 1.29 is 68.9 Å². The Bertz CT molecular complexity index is 3630. The number of hydrogen-bond donors (Lipinski definition) is 1. The number of ether oxygens (including phenoxy) is 3. The van der Waals surface area contributed by atoms with E-state index in [9.17, 15) is 54.7 Å². The highest BCUT2D eigenvalue weighted by molar-refractivity contribution is 5.95. The largest absolute Gasteiger partial charge is 0.446 e. The number of rotatable bonds is 25. The lowest BCUT2D eigenvalue weighted by Gasteiger charge is -2.44. The first kappa shape index (κ1) is 72.6. The molecule has 5 aromatic carbocycles. The van der Waals surface area contributed by atoms with Crippen LogP contribution >= 0.6 is 0 Å². The number of alkyl halides is 6. The van der Waals surface area contributed by atoms with Crippen LogP contribution in [0.25, 0.3) is 11.1 Å². The summed E-state index contributed by atoms with van der Waals surface area (Å²) in [4.78, 5) is 80.3. The van der Waals surface area contributed by atoms with Crippen molar-refractivity contribution in [2.24, 2.45) is 5.92 Å². The molecule has 3 atom stereocenters. The maximum atomic E-state index is 14.3. The van der Waals surface area contributed by atoms with Crippen LogP contribution in [-0.2, 0) is 58.4 Å². The van der Waals surface area contributed by atoms with E-state index in [1.165, 1.54) is 24.3 Å². The Morgan fingerprint density at radius 2 is 1.32 bits per heavy atom. The summed E-state index contributed by atoms with van der Waals surface area (Å²) in [7, 11) is 7.36. The van der Waals surface area contributed by atoms with E-state index in [-0.39, 0.29) is 68.0 Å². The maximum Gasteiger partial charge on any atom is 0.416 e. The summed E-state index contributed by atoms with van der Waals surface area (Å²) in [5, 5.41) is 2.94. The summed E-state index contributed by atoms with van der Waals surface area (Å²) in [5.74, 6) is -1.84. The number of likely N-dealkylation sites (tertiary alicyclic amines) is 2. The number of hydrogen-bond acceptors (Lipinski definition) is 11. The Labute approximate surface area is 569 Å². The minimum atomic E-state index is -5.15. The predicted octanol–water partition coefficient (Wildman–Crippen LogP) is 12.7. The summed E-state index contributed by atoms with van der Waals surface area (Å²) in [6, 6.07) is 32.0. The molecule has 1 N–H and O–H groups in total. The summed E-state index contributed by atoms with van der Waals surface area (Å²) >= 11 is 0. The van der Waals surface area contributed by atoms with Gasteiger partial charge in [0.1, 0.15) is 30.9 Å². The average Bonchev–Trinajstić information content (AvgIpc) is 1.59. The number of nitrogens with one attached hydrogen (secondary N) is 1. The predicted molar refractivity (Wildman–Crippen MR) is 359 cm³/mol. The zero-order valence-corrected chi connectivity index (χ0v) is 56.4. The third-order valence-corrected chi connectivity index (χ3v) is 20.4. The summed E-state index contributed by atoms with van der Waals surface area (Å²) < 4.78 is 116. The number of para-hydroxylation sites is 1. The first-order valence-electron chi connectivity index (χ1n) is 33.9. The van der Waals surface area contributed by atoms with E-state index in [1.54, 1.807) is 23.9 Å². The lowest BCUT2D eigenvalue weighted by Crippen LogP contribution is -2.50. The number of anilines is 1. The van der Waals surface area contributed by atoms with E-state index in [0.29, 0.717) is 93.8 Å². The molecule has 10 rings (SSSR count).